The zero-order chi connectivity index (χ0) is 27.5. The van der Waals surface area contributed by atoms with Crippen molar-refractivity contribution in [3.8, 4) is 0 Å². The lowest BCUT2D eigenvalue weighted by molar-refractivity contribution is -0.119. The van der Waals surface area contributed by atoms with Gasteiger partial charge in [-0.25, -0.2) is 0 Å². The first kappa shape index (κ1) is 26.5. The minimum atomic E-state index is -0.194. The second kappa shape index (κ2) is 11.3. The molecule has 1 saturated heterocycles. The molecule has 0 saturated carbocycles. The van der Waals surface area contributed by atoms with E-state index in [1.54, 1.807) is 6.20 Å². The van der Waals surface area contributed by atoms with Gasteiger partial charge < -0.3 is 24.8 Å². The molecular formula is C30H32N6O2S. The van der Waals surface area contributed by atoms with Crippen LogP contribution < -0.4 is 15.5 Å². The molecule has 3 aromatic heterocycles. The Morgan fingerprint density at radius 2 is 1.95 bits per heavy atom. The van der Waals surface area contributed by atoms with Crippen molar-refractivity contribution < 1.29 is 9.53 Å². The maximum Gasteiger partial charge on any atom is 0.250 e. The summed E-state index contributed by atoms with van der Waals surface area (Å²) in [6.45, 7) is 7.01. The number of nitrogens with zero attached hydrogens (tertiary/aromatic N) is 4. The third kappa shape index (κ3) is 5.41. The molecule has 0 bridgehead atoms. The highest BCUT2D eigenvalue weighted by Gasteiger charge is 2.42. The fraction of sp³-hybridized carbons (Fsp3) is 0.267. The van der Waals surface area contributed by atoms with Gasteiger partial charge in [0.1, 0.15) is 6.61 Å². The first-order chi connectivity index (χ1) is 18.9. The van der Waals surface area contributed by atoms with Gasteiger partial charge in [-0.15, -0.1) is 0 Å². The number of hydrogen-bond acceptors (Lipinski definition) is 5. The summed E-state index contributed by atoms with van der Waals surface area (Å²) >= 11 is 5.93. The summed E-state index contributed by atoms with van der Waals surface area (Å²) in [7, 11) is 1.50. The van der Waals surface area contributed by atoms with E-state index in [0.29, 0.717) is 5.11 Å². The van der Waals surface area contributed by atoms with Gasteiger partial charge in [-0.1, -0.05) is 12.1 Å². The third-order valence-corrected chi connectivity index (χ3v) is 7.45. The highest BCUT2D eigenvalue weighted by Crippen LogP contribution is 2.44. The molecule has 39 heavy (non-hydrogen) atoms. The number of carbonyl (C=O) groups excluding carboxylic acids is 1. The Labute approximate surface area is 234 Å². The van der Waals surface area contributed by atoms with Gasteiger partial charge in [0.05, 0.1) is 17.8 Å². The first-order valence-electron chi connectivity index (χ1n) is 12.8. The summed E-state index contributed by atoms with van der Waals surface area (Å²) in [4.78, 5) is 23.2. The SMILES string of the molecule is COCC(=O)Nc1ccc(N2C(=S)N[C@@H](c3ccccn3)[C@H]2c2cc(C)n(Cc3cccnc3)c2C)cc1C. The second-order valence-corrected chi connectivity index (χ2v) is 10.1. The lowest BCUT2D eigenvalue weighted by Gasteiger charge is -2.29. The Morgan fingerprint density at radius 1 is 1.10 bits per heavy atom. The number of thiocarbonyl (C=S) groups is 1. The highest BCUT2D eigenvalue weighted by molar-refractivity contribution is 7.80. The van der Waals surface area contributed by atoms with Crippen molar-refractivity contribution in [1.82, 2.24) is 19.9 Å². The van der Waals surface area contributed by atoms with Gasteiger partial charge in [0.2, 0.25) is 5.91 Å². The van der Waals surface area contributed by atoms with Crippen molar-refractivity contribution in [2.24, 2.45) is 0 Å². The smallest absolute Gasteiger partial charge is 0.250 e. The Bertz CT molecular complexity index is 1490. The molecule has 4 heterocycles. The van der Waals surface area contributed by atoms with E-state index in [9.17, 15) is 4.79 Å². The number of nitrogens with one attached hydrogen (secondary N) is 2. The second-order valence-electron chi connectivity index (χ2n) is 9.75. The van der Waals surface area contributed by atoms with Gasteiger partial charge >= 0.3 is 0 Å². The molecule has 1 amide bonds. The van der Waals surface area contributed by atoms with E-state index in [2.05, 4.69) is 62.1 Å². The minimum Gasteiger partial charge on any atom is -0.375 e. The Kier molecular flexibility index (Phi) is 7.72. The Hall–Kier alpha value is -4.08. The van der Waals surface area contributed by atoms with Crippen LogP contribution in [-0.2, 0) is 16.1 Å². The number of aromatic nitrogens is 3. The summed E-state index contributed by atoms with van der Waals surface area (Å²) in [5.41, 5.74) is 8.18. The number of amides is 1. The van der Waals surface area contributed by atoms with E-state index >= 15 is 0 Å². The summed E-state index contributed by atoms with van der Waals surface area (Å²) < 4.78 is 7.28. The quantitative estimate of drug-likeness (QED) is 0.304. The van der Waals surface area contributed by atoms with Crippen LogP contribution in [0.15, 0.2) is 73.2 Å². The fourth-order valence-corrected chi connectivity index (χ4v) is 5.59. The Balaban J connectivity index is 1.56. The molecule has 1 fully saturated rings. The molecule has 1 aromatic carbocycles. The number of ether oxygens (including phenoxy) is 1. The normalized spacial score (nSPS) is 16.8. The maximum atomic E-state index is 12.1. The van der Waals surface area contributed by atoms with Gasteiger partial charge in [0.15, 0.2) is 5.11 Å². The number of pyridine rings is 2. The molecular weight excluding hydrogens is 508 g/mol. The molecule has 0 radical (unpaired) electrons. The van der Waals surface area contributed by atoms with Crippen LogP contribution in [0.25, 0.3) is 0 Å². The van der Waals surface area contributed by atoms with Crippen molar-refractivity contribution in [3.05, 3.63) is 107 Å². The third-order valence-electron chi connectivity index (χ3n) is 7.13. The molecule has 0 aliphatic carbocycles. The van der Waals surface area contributed by atoms with Gasteiger partial charge in [-0.3, -0.25) is 14.8 Å². The molecule has 0 spiro atoms. The van der Waals surface area contributed by atoms with Crippen LogP contribution in [0.2, 0.25) is 0 Å². The van der Waals surface area contributed by atoms with Gasteiger partial charge in [0.25, 0.3) is 0 Å². The largest absolute Gasteiger partial charge is 0.375 e. The Morgan fingerprint density at radius 3 is 2.64 bits per heavy atom. The molecule has 2 atom stereocenters. The van der Waals surface area contributed by atoms with Gasteiger partial charge in [0, 0.05) is 55.0 Å². The lowest BCUT2D eigenvalue weighted by Crippen LogP contribution is -2.29. The van der Waals surface area contributed by atoms with E-state index in [1.807, 2.05) is 55.7 Å². The van der Waals surface area contributed by atoms with Crippen LogP contribution in [0.4, 0.5) is 11.4 Å². The van der Waals surface area contributed by atoms with Crippen LogP contribution in [0.5, 0.6) is 0 Å². The molecule has 9 heteroatoms. The van der Waals surface area contributed by atoms with E-state index < -0.39 is 0 Å². The molecule has 5 rings (SSSR count). The maximum absolute atomic E-state index is 12.1. The number of aryl methyl sites for hydroxylation is 2. The van der Waals surface area contributed by atoms with Crippen molar-refractivity contribution in [1.29, 1.82) is 0 Å². The van der Waals surface area contributed by atoms with E-state index in [0.717, 1.165) is 40.4 Å². The predicted octanol–water partition coefficient (Wildman–Crippen LogP) is 5.01. The number of anilines is 2. The predicted molar refractivity (Wildman–Crippen MR) is 157 cm³/mol. The van der Waals surface area contributed by atoms with Crippen LogP contribution in [0, 0.1) is 20.8 Å². The molecule has 8 nitrogen and oxygen atoms in total. The molecule has 0 unspecified atom stereocenters. The van der Waals surface area contributed by atoms with E-state index in [-0.39, 0.29) is 24.6 Å². The summed E-state index contributed by atoms with van der Waals surface area (Å²) in [5, 5.41) is 7.08. The number of benzene rings is 1. The fourth-order valence-electron chi connectivity index (χ4n) is 5.25. The lowest BCUT2D eigenvalue weighted by atomic mass is 9.96. The van der Waals surface area contributed by atoms with Crippen molar-refractivity contribution in [2.45, 2.75) is 39.4 Å². The standard InChI is InChI=1S/C30H32N6O2S/c1-19-14-23(10-11-25(19)33-27(37)18-38-4)36-29(28(34-30(36)39)26-9-5-6-13-32-26)24-15-20(2)35(21(24)3)17-22-8-7-12-31-16-22/h5-16,28-29H,17-18H2,1-4H3,(H,33,37)(H,34,39)/t28-,29+/m0/s1. The van der Waals surface area contributed by atoms with Gasteiger partial charge in [-0.2, -0.15) is 0 Å². The number of methoxy groups -OCH3 is 1. The van der Waals surface area contributed by atoms with Crippen LogP contribution >= 0.6 is 12.2 Å². The van der Waals surface area contributed by atoms with E-state index in [1.165, 1.54) is 18.4 Å². The van der Waals surface area contributed by atoms with Crippen LogP contribution in [0.1, 0.15) is 45.9 Å². The number of hydrogen-bond donors (Lipinski definition) is 2. The molecule has 1 aliphatic rings. The number of rotatable bonds is 8. The molecule has 200 valence electrons. The summed E-state index contributed by atoms with van der Waals surface area (Å²) in [6.07, 6.45) is 5.51. The average Bonchev–Trinajstić information content (AvgIpc) is 3.42. The summed E-state index contributed by atoms with van der Waals surface area (Å²) in [6, 6.07) is 17.9. The average molecular weight is 541 g/mol. The van der Waals surface area contributed by atoms with Crippen LogP contribution in [0.3, 0.4) is 0 Å². The van der Waals surface area contributed by atoms with Crippen LogP contribution in [-0.4, -0.2) is 39.3 Å². The minimum absolute atomic E-state index is 0.00378. The van der Waals surface area contributed by atoms with Crippen molar-refractivity contribution in [3.63, 3.8) is 0 Å². The topological polar surface area (TPSA) is 84.3 Å². The molecule has 2 N–H and O–H groups in total. The van der Waals surface area contributed by atoms with E-state index in [4.69, 9.17) is 17.0 Å². The first-order valence-corrected chi connectivity index (χ1v) is 13.2. The van der Waals surface area contributed by atoms with Gasteiger partial charge in [-0.05, 0) is 92.1 Å². The van der Waals surface area contributed by atoms with Crippen molar-refractivity contribution in [2.75, 3.05) is 23.9 Å². The molecule has 1 aliphatic heterocycles. The number of carbonyl (C=O) groups is 1. The molecule has 4 aromatic rings. The monoisotopic (exact) mass is 540 g/mol. The zero-order valence-electron chi connectivity index (χ0n) is 22.5. The summed E-state index contributed by atoms with van der Waals surface area (Å²) in [5.74, 6) is -0.194. The highest BCUT2D eigenvalue weighted by atomic mass is 32.1. The van der Waals surface area contributed by atoms with Crippen molar-refractivity contribution >= 4 is 34.6 Å². The zero-order valence-corrected chi connectivity index (χ0v) is 23.3.